The van der Waals surface area contributed by atoms with Gasteiger partial charge in [0.25, 0.3) is 0 Å². The fraction of sp³-hybridized carbons (Fsp3) is 0.100. The Morgan fingerprint density at radius 2 is 1.88 bits per heavy atom. The molecular weight excluding hydrogens is 364 g/mol. The molecule has 0 bridgehead atoms. The van der Waals surface area contributed by atoms with E-state index in [1.807, 2.05) is 59.2 Å². The molecule has 3 rings (SSSR count). The van der Waals surface area contributed by atoms with E-state index in [4.69, 9.17) is 0 Å². The van der Waals surface area contributed by atoms with Crippen molar-refractivity contribution in [1.82, 2.24) is 4.57 Å². The molecule has 3 aromatic rings. The van der Waals surface area contributed by atoms with Crippen LogP contribution in [-0.4, -0.2) is 10.4 Å². The van der Waals surface area contributed by atoms with Crippen molar-refractivity contribution in [2.75, 3.05) is 0 Å². The van der Waals surface area contributed by atoms with Gasteiger partial charge in [-0.2, -0.15) is 5.26 Å². The Morgan fingerprint density at radius 1 is 1.21 bits per heavy atom. The molecule has 3 nitrogen and oxygen atoms in total. The maximum atomic E-state index is 12.1. The maximum Gasteiger partial charge on any atom is 0.157 e. The molecule has 1 atom stereocenters. The Bertz CT molecular complexity index is 977. The molecule has 2 aromatic carbocycles. The Labute approximate surface area is 149 Å². The lowest BCUT2D eigenvalue weighted by Gasteiger charge is -2.23. The van der Waals surface area contributed by atoms with Crippen LogP contribution in [0.2, 0.25) is 0 Å². The Balaban J connectivity index is 2.31. The Morgan fingerprint density at radius 3 is 2.50 bits per heavy atom. The normalized spacial score (nSPS) is 11.9. The van der Waals surface area contributed by atoms with Crippen molar-refractivity contribution in [3.8, 4) is 6.07 Å². The molecule has 1 heterocycles. The molecule has 0 amide bonds. The van der Waals surface area contributed by atoms with Crippen molar-refractivity contribution in [2.45, 2.75) is 13.0 Å². The first-order valence-corrected chi connectivity index (χ1v) is 8.27. The fourth-order valence-corrected chi connectivity index (χ4v) is 3.15. The number of carbonyl (C=O) groups is 1. The fourth-order valence-electron chi connectivity index (χ4n) is 2.88. The SMILES string of the molecule is C=C(C(C)=O)C(c1ccc(Br)cc1)n1c(C#N)cc2ccccc21. The summed E-state index contributed by atoms with van der Waals surface area (Å²) in [6.45, 7) is 5.51. The quantitative estimate of drug-likeness (QED) is 0.598. The van der Waals surface area contributed by atoms with E-state index in [2.05, 4.69) is 28.6 Å². The summed E-state index contributed by atoms with van der Waals surface area (Å²) < 4.78 is 2.85. The highest BCUT2D eigenvalue weighted by Gasteiger charge is 2.24. The van der Waals surface area contributed by atoms with Gasteiger partial charge in [-0.25, -0.2) is 0 Å². The first kappa shape index (κ1) is 16.2. The monoisotopic (exact) mass is 378 g/mol. The van der Waals surface area contributed by atoms with Gasteiger partial charge < -0.3 is 4.57 Å². The number of ketones is 1. The molecule has 24 heavy (non-hydrogen) atoms. The van der Waals surface area contributed by atoms with Crippen molar-refractivity contribution < 1.29 is 4.79 Å². The number of para-hydroxylation sites is 1. The largest absolute Gasteiger partial charge is 0.320 e. The second-order valence-electron chi connectivity index (χ2n) is 5.61. The van der Waals surface area contributed by atoms with E-state index in [0.29, 0.717) is 11.3 Å². The number of nitrogens with zero attached hydrogens (tertiary/aromatic N) is 2. The molecular formula is C20H15BrN2O. The number of benzene rings is 2. The first-order valence-electron chi connectivity index (χ1n) is 7.48. The van der Waals surface area contributed by atoms with Crippen LogP contribution in [0.5, 0.6) is 0 Å². The molecule has 1 unspecified atom stereocenters. The summed E-state index contributed by atoms with van der Waals surface area (Å²) in [6.07, 6.45) is 0. The van der Waals surface area contributed by atoms with E-state index in [9.17, 15) is 10.1 Å². The summed E-state index contributed by atoms with van der Waals surface area (Å²) in [5.41, 5.74) is 2.78. The lowest BCUT2D eigenvalue weighted by molar-refractivity contribution is -0.113. The summed E-state index contributed by atoms with van der Waals surface area (Å²) in [4.78, 5) is 12.1. The van der Waals surface area contributed by atoms with Crippen molar-refractivity contribution in [1.29, 1.82) is 5.26 Å². The van der Waals surface area contributed by atoms with Crippen molar-refractivity contribution in [3.63, 3.8) is 0 Å². The molecule has 0 aliphatic heterocycles. The van der Waals surface area contributed by atoms with Crippen LogP contribution in [0.15, 0.2) is 71.2 Å². The Kier molecular flexibility index (Phi) is 4.37. The van der Waals surface area contributed by atoms with E-state index in [-0.39, 0.29) is 5.78 Å². The predicted octanol–water partition coefficient (Wildman–Crippen LogP) is 5.01. The van der Waals surface area contributed by atoms with Gasteiger partial charge >= 0.3 is 0 Å². The number of allylic oxidation sites excluding steroid dienone is 1. The smallest absolute Gasteiger partial charge is 0.157 e. The molecule has 0 aliphatic carbocycles. The molecule has 118 valence electrons. The van der Waals surface area contributed by atoms with Crippen LogP contribution >= 0.6 is 15.9 Å². The molecule has 0 aliphatic rings. The number of halogens is 1. The van der Waals surface area contributed by atoms with Gasteiger partial charge in [0.2, 0.25) is 0 Å². The highest BCUT2D eigenvalue weighted by atomic mass is 79.9. The van der Waals surface area contributed by atoms with E-state index in [1.165, 1.54) is 6.92 Å². The average molecular weight is 379 g/mol. The topological polar surface area (TPSA) is 45.8 Å². The van der Waals surface area contributed by atoms with Gasteiger partial charge in [-0.3, -0.25) is 4.79 Å². The average Bonchev–Trinajstić information content (AvgIpc) is 2.95. The van der Waals surface area contributed by atoms with Crippen LogP contribution in [0.25, 0.3) is 10.9 Å². The maximum absolute atomic E-state index is 12.1. The standard InChI is InChI=1S/C20H15BrN2O/c1-13(14(2)24)20(15-7-9-17(21)10-8-15)23-18(12-22)11-16-5-3-4-6-19(16)23/h3-11,20H,1H2,2H3. The molecule has 0 radical (unpaired) electrons. The number of Topliss-reactive ketones (excluding diaryl/α,β-unsaturated/α-hetero) is 1. The molecule has 0 saturated carbocycles. The molecule has 1 aromatic heterocycles. The van der Waals surface area contributed by atoms with E-state index >= 15 is 0 Å². The lowest BCUT2D eigenvalue weighted by atomic mass is 9.96. The van der Waals surface area contributed by atoms with Crippen molar-refractivity contribution in [2.24, 2.45) is 0 Å². The number of rotatable bonds is 4. The summed E-state index contributed by atoms with van der Waals surface area (Å²) in [6, 6.07) is 19.2. The minimum Gasteiger partial charge on any atom is -0.320 e. The van der Waals surface area contributed by atoms with Gasteiger partial charge in [-0.15, -0.1) is 0 Å². The minimum atomic E-state index is -0.412. The highest BCUT2D eigenvalue weighted by molar-refractivity contribution is 9.10. The van der Waals surface area contributed by atoms with E-state index in [0.717, 1.165) is 20.9 Å². The highest BCUT2D eigenvalue weighted by Crippen LogP contribution is 2.33. The zero-order chi connectivity index (χ0) is 17.3. The third-order valence-electron chi connectivity index (χ3n) is 4.09. The summed E-state index contributed by atoms with van der Waals surface area (Å²) in [5.74, 6) is -0.0930. The second kappa shape index (κ2) is 6.46. The van der Waals surface area contributed by atoms with E-state index in [1.54, 1.807) is 0 Å². The number of aromatic nitrogens is 1. The Hall–Kier alpha value is -2.64. The number of hydrogen-bond donors (Lipinski definition) is 0. The van der Waals surface area contributed by atoms with Crippen LogP contribution in [0.4, 0.5) is 0 Å². The molecule has 0 spiro atoms. The van der Waals surface area contributed by atoms with Crippen LogP contribution < -0.4 is 0 Å². The molecule has 0 saturated heterocycles. The van der Waals surface area contributed by atoms with Crippen LogP contribution in [-0.2, 0) is 4.79 Å². The molecule has 0 N–H and O–H groups in total. The molecule has 0 fully saturated rings. The van der Waals surface area contributed by atoms with Gasteiger partial charge in [0.1, 0.15) is 11.8 Å². The van der Waals surface area contributed by atoms with Crippen LogP contribution in [0.1, 0.15) is 24.2 Å². The van der Waals surface area contributed by atoms with Gasteiger partial charge in [-0.1, -0.05) is 52.8 Å². The zero-order valence-electron chi connectivity index (χ0n) is 13.2. The summed E-state index contributed by atoms with van der Waals surface area (Å²) >= 11 is 3.43. The zero-order valence-corrected chi connectivity index (χ0v) is 14.7. The van der Waals surface area contributed by atoms with Gasteiger partial charge in [0.15, 0.2) is 5.78 Å². The number of carbonyl (C=O) groups excluding carboxylic acids is 1. The first-order chi connectivity index (χ1) is 11.5. The molecule has 4 heteroatoms. The van der Waals surface area contributed by atoms with Crippen LogP contribution in [0, 0.1) is 11.3 Å². The third-order valence-corrected chi connectivity index (χ3v) is 4.62. The van der Waals surface area contributed by atoms with Crippen LogP contribution in [0.3, 0.4) is 0 Å². The lowest BCUT2D eigenvalue weighted by Crippen LogP contribution is -2.18. The second-order valence-corrected chi connectivity index (χ2v) is 6.52. The third kappa shape index (κ3) is 2.79. The van der Waals surface area contributed by atoms with Gasteiger partial charge in [0.05, 0.1) is 6.04 Å². The summed E-state index contributed by atoms with van der Waals surface area (Å²) in [7, 11) is 0. The number of nitriles is 1. The van der Waals surface area contributed by atoms with Crippen molar-refractivity contribution >= 4 is 32.6 Å². The van der Waals surface area contributed by atoms with Crippen molar-refractivity contribution in [3.05, 3.63) is 82.5 Å². The number of hydrogen-bond acceptors (Lipinski definition) is 2. The minimum absolute atomic E-state index is 0.0930. The number of fused-ring (bicyclic) bond motifs is 1. The van der Waals surface area contributed by atoms with Gasteiger partial charge in [0, 0.05) is 20.9 Å². The van der Waals surface area contributed by atoms with E-state index < -0.39 is 6.04 Å². The predicted molar refractivity (Wildman–Crippen MR) is 98.8 cm³/mol. The van der Waals surface area contributed by atoms with Gasteiger partial charge in [-0.05, 0) is 36.8 Å². The summed E-state index contributed by atoms with van der Waals surface area (Å²) in [5, 5.41) is 10.6.